The van der Waals surface area contributed by atoms with Crippen molar-refractivity contribution in [1.29, 1.82) is 0 Å². The van der Waals surface area contributed by atoms with E-state index in [2.05, 4.69) is 37.0 Å². The van der Waals surface area contributed by atoms with E-state index < -0.39 is 0 Å². The quantitative estimate of drug-likeness (QED) is 0.931. The van der Waals surface area contributed by atoms with E-state index in [0.29, 0.717) is 5.92 Å². The maximum Gasteiger partial charge on any atom is 0.0492 e. The summed E-state index contributed by atoms with van der Waals surface area (Å²) in [6, 6.07) is 3.63. The molecule has 2 aliphatic heterocycles. The SMILES string of the molecule is Cl.Cn1nccc1C1CC2CCC(C1)N2CC(C)(C)N. The molecule has 0 radical (unpaired) electrons. The third kappa shape index (κ3) is 3.02. The van der Waals surface area contributed by atoms with Crippen molar-refractivity contribution < 1.29 is 0 Å². The van der Waals surface area contributed by atoms with E-state index >= 15 is 0 Å². The first-order chi connectivity index (χ1) is 8.94. The topological polar surface area (TPSA) is 47.1 Å². The van der Waals surface area contributed by atoms with Crippen molar-refractivity contribution in [3.8, 4) is 0 Å². The Labute approximate surface area is 128 Å². The van der Waals surface area contributed by atoms with Gasteiger partial charge in [0.15, 0.2) is 0 Å². The lowest BCUT2D eigenvalue weighted by molar-refractivity contribution is 0.102. The number of halogens is 1. The summed E-state index contributed by atoms with van der Waals surface area (Å²) in [5.41, 5.74) is 7.54. The molecule has 5 heteroatoms. The van der Waals surface area contributed by atoms with Crippen molar-refractivity contribution in [2.24, 2.45) is 12.8 Å². The molecule has 1 aromatic rings. The molecule has 2 saturated heterocycles. The van der Waals surface area contributed by atoms with E-state index in [1.165, 1.54) is 31.4 Å². The van der Waals surface area contributed by atoms with E-state index in [9.17, 15) is 0 Å². The predicted octanol–water partition coefficient (Wildman–Crippen LogP) is 2.29. The number of fused-ring (bicyclic) bond motifs is 2. The molecule has 0 amide bonds. The van der Waals surface area contributed by atoms with Gasteiger partial charge in [0, 0.05) is 49.0 Å². The van der Waals surface area contributed by atoms with Gasteiger partial charge in [0.1, 0.15) is 0 Å². The molecular formula is C15H27ClN4. The second-order valence-electron chi connectivity index (χ2n) is 7.09. The summed E-state index contributed by atoms with van der Waals surface area (Å²) >= 11 is 0. The van der Waals surface area contributed by atoms with Crippen LogP contribution in [0, 0.1) is 0 Å². The van der Waals surface area contributed by atoms with Crippen molar-refractivity contribution >= 4 is 12.4 Å². The zero-order chi connectivity index (χ0) is 13.6. The average Bonchev–Trinajstić information content (AvgIpc) is 2.80. The largest absolute Gasteiger partial charge is 0.324 e. The molecule has 2 atom stereocenters. The molecule has 2 aliphatic rings. The molecule has 2 unspecified atom stereocenters. The smallest absolute Gasteiger partial charge is 0.0492 e. The van der Waals surface area contributed by atoms with Crippen molar-refractivity contribution in [3.63, 3.8) is 0 Å². The minimum Gasteiger partial charge on any atom is -0.324 e. The Hall–Kier alpha value is -0.580. The van der Waals surface area contributed by atoms with Gasteiger partial charge < -0.3 is 5.73 Å². The summed E-state index contributed by atoms with van der Waals surface area (Å²) in [5, 5.41) is 4.32. The maximum absolute atomic E-state index is 6.22. The van der Waals surface area contributed by atoms with Crippen LogP contribution in [0.1, 0.15) is 51.1 Å². The van der Waals surface area contributed by atoms with Gasteiger partial charge in [0.05, 0.1) is 0 Å². The molecule has 114 valence electrons. The fourth-order valence-corrected chi connectivity index (χ4v) is 4.03. The van der Waals surface area contributed by atoms with Crippen LogP contribution >= 0.6 is 12.4 Å². The van der Waals surface area contributed by atoms with Crippen LogP contribution in [0.25, 0.3) is 0 Å². The highest BCUT2D eigenvalue weighted by molar-refractivity contribution is 5.85. The summed E-state index contributed by atoms with van der Waals surface area (Å²) < 4.78 is 2.05. The lowest BCUT2D eigenvalue weighted by atomic mass is 9.87. The number of piperidine rings is 1. The van der Waals surface area contributed by atoms with Crippen molar-refractivity contribution in [2.75, 3.05) is 6.54 Å². The van der Waals surface area contributed by atoms with Gasteiger partial charge in [-0.3, -0.25) is 9.58 Å². The highest BCUT2D eigenvalue weighted by Gasteiger charge is 2.42. The van der Waals surface area contributed by atoms with E-state index in [0.717, 1.165) is 18.6 Å². The minimum absolute atomic E-state index is 0. The van der Waals surface area contributed by atoms with Crippen LogP contribution in [0.5, 0.6) is 0 Å². The van der Waals surface area contributed by atoms with E-state index in [1.54, 1.807) is 0 Å². The van der Waals surface area contributed by atoms with Gasteiger partial charge in [-0.15, -0.1) is 12.4 Å². The van der Waals surface area contributed by atoms with Crippen molar-refractivity contribution in [3.05, 3.63) is 18.0 Å². The standard InChI is InChI=1S/C15H26N4.ClH/c1-15(2,16)10-19-12-4-5-13(19)9-11(8-12)14-6-7-17-18(14)3;/h6-7,11-13H,4-5,8-10,16H2,1-3H3;1H. The van der Waals surface area contributed by atoms with Gasteiger partial charge >= 0.3 is 0 Å². The second kappa shape index (κ2) is 5.66. The first-order valence-corrected chi connectivity index (χ1v) is 7.46. The van der Waals surface area contributed by atoms with Crippen LogP contribution in [-0.4, -0.2) is 38.8 Å². The van der Waals surface area contributed by atoms with Crippen LogP contribution in [0.2, 0.25) is 0 Å². The van der Waals surface area contributed by atoms with Gasteiger partial charge in [0.2, 0.25) is 0 Å². The molecule has 0 saturated carbocycles. The lowest BCUT2D eigenvalue weighted by Crippen LogP contribution is -2.52. The maximum atomic E-state index is 6.22. The molecule has 2 N–H and O–H groups in total. The number of hydrogen-bond donors (Lipinski definition) is 1. The zero-order valence-electron chi connectivity index (χ0n) is 12.7. The summed E-state index contributed by atoms with van der Waals surface area (Å²) in [4.78, 5) is 2.67. The normalized spacial score (nSPS) is 30.3. The van der Waals surface area contributed by atoms with Crippen LogP contribution in [0.4, 0.5) is 0 Å². The lowest BCUT2D eigenvalue weighted by Gasteiger charge is -2.41. The summed E-state index contributed by atoms with van der Waals surface area (Å²) in [5.74, 6) is 0.683. The van der Waals surface area contributed by atoms with Gasteiger partial charge in [-0.2, -0.15) is 5.10 Å². The van der Waals surface area contributed by atoms with Crippen LogP contribution in [0.15, 0.2) is 12.3 Å². The number of aryl methyl sites for hydroxylation is 1. The van der Waals surface area contributed by atoms with E-state index in [4.69, 9.17) is 5.73 Å². The summed E-state index contributed by atoms with van der Waals surface area (Å²) in [7, 11) is 2.06. The number of nitrogens with zero attached hydrogens (tertiary/aromatic N) is 3. The number of aromatic nitrogens is 2. The Bertz CT molecular complexity index is 437. The molecule has 0 aromatic carbocycles. The average molecular weight is 299 g/mol. The molecule has 1 aromatic heterocycles. The fourth-order valence-electron chi connectivity index (χ4n) is 4.03. The summed E-state index contributed by atoms with van der Waals surface area (Å²) in [6.45, 7) is 5.31. The van der Waals surface area contributed by atoms with E-state index in [1.807, 2.05) is 10.9 Å². The first kappa shape index (κ1) is 15.8. The number of nitrogens with two attached hydrogens (primary N) is 1. The Morgan fingerprint density at radius 1 is 1.30 bits per heavy atom. The molecular weight excluding hydrogens is 272 g/mol. The van der Waals surface area contributed by atoms with Crippen LogP contribution < -0.4 is 5.73 Å². The van der Waals surface area contributed by atoms with Crippen molar-refractivity contribution in [2.45, 2.75) is 63.1 Å². The number of rotatable bonds is 3. The Morgan fingerprint density at radius 3 is 2.35 bits per heavy atom. The van der Waals surface area contributed by atoms with Gasteiger partial charge in [0.25, 0.3) is 0 Å². The monoisotopic (exact) mass is 298 g/mol. The highest BCUT2D eigenvalue weighted by Crippen LogP contribution is 2.43. The molecule has 0 aliphatic carbocycles. The first-order valence-electron chi connectivity index (χ1n) is 7.46. The number of hydrogen-bond acceptors (Lipinski definition) is 3. The second-order valence-corrected chi connectivity index (χ2v) is 7.09. The summed E-state index contributed by atoms with van der Waals surface area (Å²) in [6.07, 6.45) is 7.15. The predicted molar refractivity (Wildman–Crippen MR) is 84.2 cm³/mol. The van der Waals surface area contributed by atoms with Gasteiger partial charge in [-0.25, -0.2) is 0 Å². The third-order valence-electron chi connectivity index (χ3n) is 4.75. The van der Waals surface area contributed by atoms with Crippen LogP contribution in [-0.2, 0) is 7.05 Å². The molecule has 3 rings (SSSR count). The molecule has 0 spiro atoms. The Kier molecular flexibility index (Phi) is 4.47. The van der Waals surface area contributed by atoms with E-state index in [-0.39, 0.29) is 17.9 Å². The Morgan fingerprint density at radius 2 is 1.90 bits per heavy atom. The minimum atomic E-state index is -0.0831. The molecule has 4 nitrogen and oxygen atoms in total. The molecule has 2 bridgehead atoms. The van der Waals surface area contributed by atoms with Crippen molar-refractivity contribution in [1.82, 2.24) is 14.7 Å². The third-order valence-corrected chi connectivity index (χ3v) is 4.75. The zero-order valence-corrected chi connectivity index (χ0v) is 13.6. The molecule has 20 heavy (non-hydrogen) atoms. The Balaban J connectivity index is 0.00000147. The van der Waals surface area contributed by atoms with Crippen LogP contribution in [0.3, 0.4) is 0 Å². The highest BCUT2D eigenvalue weighted by atomic mass is 35.5. The molecule has 3 heterocycles. The van der Waals surface area contributed by atoms with Gasteiger partial charge in [-0.05, 0) is 45.6 Å². The molecule has 2 fully saturated rings. The van der Waals surface area contributed by atoms with Gasteiger partial charge in [-0.1, -0.05) is 0 Å². The fraction of sp³-hybridized carbons (Fsp3) is 0.800.